The van der Waals surface area contributed by atoms with Crippen molar-refractivity contribution in [3.8, 4) is 0 Å². The zero-order valence-electron chi connectivity index (χ0n) is 6.79. The minimum absolute atomic E-state index is 0.459. The van der Waals surface area contributed by atoms with Crippen molar-refractivity contribution in [2.45, 2.75) is 37.2 Å². The first-order valence-electron chi connectivity index (χ1n) is 4.46. The van der Waals surface area contributed by atoms with Gasteiger partial charge in [-0.25, -0.2) is 4.98 Å². The van der Waals surface area contributed by atoms with E-state index in [0.29, 0.717) is 5.92 Å². The number of aliphatic hydroxyl groups is 1. The molecular formula is C9H11NOS. The Balaban J connectivity index is 2.02. The fraction of sp³-hybridized carbons (Fsp3) is 0.667. The largest absolute Gasteiger partial charge is 0.384 e. The van der Waals surface area contributed by atoms with Crippen LogP contribution in [0.1, 0.15) is 42.2 Å². The van der Waals surface area contributed by atoms with Crippen molar-refractivity contribution in [1.29, 1.82) is 0 Å². The lowest BCUT2D eigenvalue weighted by molar-refractivity contribution is 0.154. The van der Waals surface area contributed by atoms with Crippen LogP contribution in [0.25, 0.3) is 0 Å². The molecule has 2 nitrogen and oxygen atoms in total. The van der Waals surface area contributed by atoms with Gasteiger partial charge >= 0.3 is 0 Å². The molecule has 0 spiro atoms. The molecule has 1 heterocycles. The van der Waals surface area contributed by atoms with Gasteiger partial charge in [0.2, 0.25) is 0 Å². The molecule has 0 atom stereocenters. The summed E-state index contributed by atoms with van der Waals surface area (Å²) in [7, 11) is 0. The predicted molar refractivity (Wildman–Crippen MR) is 47.2 cm³/mol. The number of aromatic nitrogens is 1. The molecule has 0 amide bonds. The van der Waals surface area contributed by atoms with Gasteiger partial charge in [0.25, 0.3) is 0 Å². The molecule has 64 valence electrons. The third kappa shape index (κ3) is 0.930. The highest BCUT2D eigenvalue weighted by Gasteiger charge is 2.47. The van der Waals surface area contributed by atoms with E-state index in [9.17, 15) is 5.11 Å². The summed E-state index contributed by atoms with van der Waals surface area (Å²) < 4.78 is 0. The zero-order chi connectivity index (χ0) is 8.18. The Kier molecular flexibility index (Phi) is 1.23. The number of thiazole rings is 1. The van der Waals surface area contributed by atoms with Gasteiger partial charge in [-0.3, -0.25) is 0 Å². The van der Waals surface area contributed by atoms with Gasteiger partial charge in [-0.1, -0.05) is 0 Å². The third-order valence-corrected chi connectivity index (χ3v) is 3.74. The van der Waals surface area contributed by atoms with Gasteiger partial charge in [0, 0.05) is 5.92 Å². The topological polar surface area (TPSA) is 33.1 Å². The average molecular weight is 181 g/mol. The third-order valence-electron chi connectivity index (χ3n) is 2.71. The molecule has 2 fully saturated rings. The van der Waals surface area contributed by atoms with Crippen molar-refractivity contribution in [2.75, 3.05) is 0 Å². The van der Waals surface area contributed by atoms with Crippen molar-refractivity contribution in [3.63, 3.8) is 0 Å². The predicted octanol–water partition coefficient (Wildman–Crippen LogP) is 2.00. The van der Waals surface area contributed by atoms with E-state index in [0.717, 1.165) is 17.7 Å². The van der Waals surface area contributed by atoms with Crippen LogP contribution in [0.5, 0.6) is 0 Å². The summed E-state index contributed by atoms with van der Waals surface area (Å²) in [6.07, 6.45) is 4.42. The Morgan fingerprint density at radius 2 is 2.25 bits per heavy atom. The van der Waals surface area contributed by atoms with Crippen LogP contribution >= 0.6 is 11.3 Å². The summed E-state index contributed by atoms with van der Waals surface area (Å²) in [5, 5.41) is 9.92. The number of nitrogens with zero attached hydrogens (tertiary/aromatic N) is 1. The van der Waals surface area contributed by atoms with Crippen LogP contribution in [0, 0.1) is 0 Å². The van der Waals surface area contributed by atoms with Gasteiger partial charge < -0.3 is 5.11 Å². The van der Waals surface area contributed by atoms with Gasteiger partial charge in [0.05, 0.1) is 16.1 Å². The molecule has 0 unspecified atom stereocenters. The van der Waals surface area contributed by atoms with Gasteiger partial charge in [0.15, 0.2) is 0 Å². The Bertz CT molecular complexity index is 312. The maximum Gasteiger partial charge on any atom is 0.101 e. The van der Waals surface area contributed by atoms with Crippen molar-refractivity contribution in [2.24, 2.45) is 0 Å². The van der Waals surface area contributed by atoms with Gasteiger partial charge in [0.1, 0.15) is 5.60 Å². The quantitative estimate of drug-likeness (QED) is 0.757. The summed E-state index contributed by atoms with van der Waals surface area (Å²) in [4.78, 5) is 5.50. The molecule has 3 heteroatoms. The molecule has 0 radical (unpaired) electrons. The Morgan fingerprint density at radius 1 is 1.50 bits per heavy atom. The van der Waals surface area contributed by atoms with Crippen LogP contribution in [-0.2, 0) is 5.60 Å². The van der Waals surface area contributed by atoms with E-state index < -0.39 is 5.60 Å². The van der Waals surface area contributed by atoms with Crippen molar-refractivity contribution in [1.82, 2.24) is 4.98 Å². The molecule has 2 saturated carbocycles. The minimum Gasteiger partial charge on any atom is -0.384 e. The van der Waals surface area contributed by atoms with E-state index in [2.05, 4.69) is 4.98 Å². The summed E-state index contributed by atoms with van der Waals surface area (Å²) >= 11 is 1.63. The summed E-state index contributed by atoms with van der Waals surface area (Å²) in [6.45, 7) is 0. The second-order valence-electron chi connectivity index (χ2n) is 3.87. The Morgan fingerprint density at radius 3 is 2.83 bits per heavy atom. The van der Waals surface area contributed by atoms with Crippen LogP contribution in [0.15, 0.2) is 5.51 Å². The summed E-state index contributed by atoms with van der Waals surface area (Å²) in [5.74, 6) is 0.677. The van der Waals surface area contributed by atoms with Crippen LogP contribution in [-0.4, -0.2) is 10.1 Å². The standard InChI is InChI=1S/C9H11NOS/c11-9(3-4-9)8-7(6-1-2-6)10-5-12-8/h5-6,11H,1-4H2. The zero-order valence-corrected chi connectivity index (χ0v) is 7.60. The molecule has 3 rings (SSSR count). The maximum absolute atomic E-state index is 9.92. The second-order valence-corrected chi connectivity index (χ2v) is 4.73. The minimum atomic E-state index is -0.459. The molecule has 1 aromatic rings. The number of hydrogen-bond donors (Lipinski definition) is 1. The normalized spacial score (nSPS) is 25.8. The first-order chi connectivity index (χ1) is 5.80. The first-order valence-corrected chi connectivity index (χ1v) is 5.34. The van der Waals surface area contributed by atoms with Crippen molar-refractivity contribution < 1.29 is 5.11 Å². The molecule has 0 saturated heterocycles. The molecule has 0 bridgehead atoms. The van der Waals surface area contributed by atoms with E-state index >= 15 is 0 Å². The van der Waals surface area contributed by atoms with Crippen molar-refractivity contribution in [3.05, 3.63) is 16.1 Å². The monoisotopic (exact) mass is 181 g/mol. The Labute approximate surface area is 75.3 Å². The fourth-order valence-electron chi connectivity index (χ4n) is 1.60. The van der Waals surface area contributed by atoms with E-state index in [-0.39, 0.29) is 0 Å². The molecule has 2 aliphatic carbocycles. The highest BCUT2D eigenvalue weighted by Crippen LogP contribution is 2.52. The molecule has 0 aliphatic heterocycles. The second kappa shape index (κ2) is 2.09. The van der Waals surface area contributed by atoms with E-state index in [4.69, 9.17) is 0 Å². The van der Waals surface area contributed by atoms with E-state index in [1.165, 1.54) is 18.5 Å². The Hall–Kier alpha value is -0.410. The van der Waals surface area contributed by atoms with Crippen LogP contribution < -0.4 is 0 Å². The molecule has 2 aliphatic rings. The molecule has 12 heavy (non-hydrogen) atoms. The number of rotatable bonds is 2. The summed E-state index contributed by atoms with van der Waals surface area (Å²) in [6, 6.07) is 0. The molecule has 1 N–H and O–H groups in total. The number of hydrogen-bond acceptors (Lipinski definition) is 3. The first kappa shape index (κ1) is 7.04. The average Bonchev–Trinajstić information content (AvgIpc) is 2.97. The van der Waals surface area contributed by atoms with Gasteiger partial charge in [-0.05, 0) is 25.7 Å². The SMILES string of the molecule is OC1(c2scnc2C2CC2)CC1. The summed E-state index contributed by atoms with van der Waals surface area (Å²) in [5.41, 5.74) is 2.61. The lowest BCUT2D eigenvalue weighted by Gasteiger charge is -2.05. The lowest BCUT2D eigenvalue weighted by atomic mass is 10.2. The smallest absolute Gasteiger partial charge is 0.101 e. The lowest BCUT2D eigenvalue weighted by Crippen LogP contribution is -2.04. The van der Waals surface area contributed by atoms with E-state index in [1.807, 2.05) is 5.51 Å². The van der Waals surface area contributed by atoms with E-state index in [1.54, 1.807) is 11.3 Å². The molecule has 0 aromatic carbocycles. The van der Waals surface area contributed by atoms with Gasteiger partial charge in [-0.15, -0.1) is 11.3 Å². The molecular weight excluding hydrogens is 170 g/mol. The molecule has 1 aromatic heterocycles. The highest BCUT2D eigenvalue weighted by atomic mass is 32.1. The fourth-order valence-corrected chi connectivity index (χ4v) is 2.63. The van der Waals surface area contributed by atoms with Crippen molar-refractivity contribution >= 4 is 11.3 Å². The van der Waals surface area contributed by atoms with Gasteiger partial charge in [-0.2, -0.15) is 0 Å². The maximum atomic E-state index is 9.92. The van der Waals surface area contributed by atoms with Crippen LogP contribution in [0.4, 0.5) is 0 Å². The highest BCUT2D eigenvalue weighted by molar-refractivity contribution is 7.10. The van der Waals surface area contributed by atoms with Crippen LogP contribution in [0.3, 0.4) is 0 Å². The van der Waals surface area contributed by atoms with Crippen LogP contribution in [0.2, 0.25) is 0 Å².